The van der Waals surface area contributed by atoms with Crippen molar-refractivity contribution in [2.75, 3.05) is 13.1 Å². The molecule has 1 fully saturated rings. The molecule has 23 heavy (non-hydrogen) atoms. The highest BCUT2D eigenvalue weighted by molar-refractivity contribution is 5.23. The van der Waals surface area contributed by atoms with E-state index in [1.165, 1.54) is 41.6 Å². The van der Waals surface area contributed by atoms with E-state index in [1.54, 1.807) is 0 Å². The Labute approximate surface area is 140 Å². The SMILES string of the molecule is Cc1ccc(CN(Cc2ccc(C)cc2)C[C@@H]2CCCN2)cc1. The van der Waals surface area contributed by atoms with Gasteiger partial charge in [0.1, 0.15) is 0 Å². The van der Waals surface area contributed by atoms with Crippen molar-refractivity contribution in [1.82, 2.24) is 10.2 Å². The largest absolute Gasteiger partial charge is 0.313 e. The number of nitrogens with one attached hydrogen (secondary N) is 1. The minimum Gasteiger partial charge on any atom is -0.313 e. The summed E-state index contributed by atoms with van der Waals surface area (Å²) in [6.07, 6.45) is 2.62. The van der Waals surface area contributed by atoms with Crippen LogP contribution in [-0.4, -0.2) is 24.0 Å². The van der Waals surface area contributed by atoms with Gasteiger partial charge in [-0.1, -0.05) is 59.7 Å². The molecule has 0 spiro atoms. The van der Waals surface area contributed by atoms with Gasteiger partial charge in [0.25, 0.3) is 0 Å². The lowest BCUT2D eigenvalue weighted by Crippen LogP contribution is -2.36. The second kappa shape index (κ2) is 7.76. The van der Waals surface area contributed by atoms with E-state index in [4.69, 9.17) is 0 Å². The van der Waals surface area contributed by atoms with Gasteiger partial charge in [0.05, 0.1) is 0 Å². The Hall–Kier alpha value is -1.64. The molecule has 2 heteroatoms. The van der Waals surface area contributed by atoms with Crippen molar-refractivity contribution in [3.05, 3.63) is 70.8 Å². The molecule has 1 atom stereocenters. The maximum Gasteiger partial charge on any atom is 0.0237 e. The molecule has 1 saturated heterocycles. The van der Waals surface area contributed by atoms with Crippen LogP contribution in [0.2, 0.25) is 0 Å². The molecule has 2 aromatic rings. The molecular weight excluding hydrogens is 280 g/mol. The molecule has 3 rings (SSSR count). The zero-order valence-corrected chi connectivity index (χ0v) is 14.4. The summed E-state index contributed by atoms with van der Waals surface area (Å²) >= 11 is 0. The molecule has 1 aliphatic heterocycles. The zero-order valence-electron chi connectivity index (χ0n) is 14.4. The summed E-state index contributed by atoms with van der Waals surface area (Å²) in [6, 6.07) is 18.6. The van der Waals surface area contributed by atoms with E-state index in [-0.39, 0.29) is 0 Å². The minimum absolute atomic E-state index is 0.644. The first-order valence-electron chi connectivity index (χ1n) is 8.76. The number of nitrogens with zero attached hydrogens (tertiary/aromatic N) is 1. The number of rotatable bonds is 6. The normalized spacial score (nSPS) is 17.8. The van der Waals surface area contributed by atoms with Gasteiger partial charge < -0.3 is 5.32 Å². The third-order valence-electron chi connectivity index (χ3n) is 4.69. The van der Waals surface area contributed by atoms with Gasteiger partial charge >= 0.3 is 0 Å². The zero-order chi connectivity index (χ0) is 16.1. The van der Waals surface area contributed by atoms with Crippen molar-refractivity contribution in [3.8, 4) is 0 Å². The van der Waals surface area contributed by atoms with Crippen LogP contribution < -0.4 is 5.32 Å². The highest BCUT2D eigenvalue weighted by Gasteiger charge is 2.18. The molecule has 0 unspecified atom stereocenters. The second-order valence-electron chi connectivity index (χ2n) is 6.93. The fraction of sp³-hybridized carbons (Fsp3) is 0.429. The first-order valence-corrected chi connectivity index (χ1v) is 8.76. The molecule has 0 amide bonds. The first kappa shape index (κ1) is 16.2. The van der Waals surface area contributed by atoms with Crippen LogP contribution in [0.15, 0.2) is 48.5 Å². The maximum absolute atomic E-state index is 3.64. The van der Waals surface area contributed by atoms with Crippen LogP contribution >= 0.6 is 0 Å². The maximum atomic E-state index is 3.64. The summed E-state index contributed by atoms with van der Waals surface area (Å²) in [4.78, 5) is 2.58. The van der Waals surface area contributed by atoms with Crippen LogP contribution in [0.5, 0.6) is 0 Å². The molecule has 0 aliphatic carbocycles. The van der Waals surface area contributed by atoms with E-state index in [0.29, 0.717) is 6.04 Å². The van der Waals surface area contributed by atoms with E-state index in [0.717, 1.165) is 19.6 Å². The Balaban J connectivity index is 1.69. The number of hydrogen-bond acceptors (Lipinski definition) is 2. The predicted octanol–water partition coefficient (Wildman–Crippen LogP) is 4.06. The minimum atomic E-state index is 0.644. The summed E-state index contributed by atoms with van der Waals surface area (Å²) < 4.78 is 0. The fourth-order valence-corrected chi connectivity index (χ4v) is 3.31. The Morgan fingerprint density at radius 3 is 1.83 bits per heavy atom. The van der Waals surface area contributed by atoms with Crippen LogP contribution in [-0.2, 0) is 13.1 Å². The van der Waals surface area contributed by atoms with Crippen LogP contribution in [0, 0.1) is 13.8 Å². The summed E-state index contributed by atoms with van der Waals surface area (Å²) in [5.74, 6) is 0. The average Bonchev–Trinajstić information content (AvgIpc) is 3.05. The monoisotopic (exact) mass is 308 g/mol. The summed E-state index contributed by atoms with van der Waals surface area (Å²) in [5, 5.41) is 3.64. The third kappa shape index (κ3) is 4.92. The van der Waals surface area contributed by atoms with E-state index >= 15 is 0 Å². The van der Waals surface area contributed by atoms with Gasteiger partial charge in [-0.2, -0.15) is 0 Å². The van der Waals surface area contributed by atoms with Gasteiger partial charge in [-0.15, -0.1) is 0 Å². The number of aryl methyl sites for hydroxylation is 2. The Bertz CT molecular complexity index is 547. The van der Waals surface area contributed by atoms with Crippen LogP contribution in [0.1, 0.15) is 35.1 Å². The second-order valence-corrected chi connectivity index (χ2v) is 6.93. The Morgan fingerprint density at radius 1 is 0.870 bits per heavy atom. The molecule has 1 N–H and O–H groups in total. The summed E-state index contributed by atoms with van der Waals surface area (Å²) in [5.41, 5.74) is 5.47. The molecule has 0 aromatic heterocycles. The summed E-state index contributed by atoms with van der Waals surface area (Å²) in [6.45, 7) is 8.64. The van der Waals surface area contributed by atoms with E-state index < -0.39 is 0 Å². The van der Waals surface area contributed by atoms with Crippen molar-refractivity contribution >= 4 is 0 Å². The standard InChI is InChI=1S/C21H28N2/c1-17-5-9-19(10-6-17)14-23(16-21-4-3-13-22-21)15-20-11-7-18(2)8-12-20/h5-12,21-22H,3-4,13-16H2,1-2H3/t21-/m0/s1. The van der Waals surface area contributed by atoms with Crippen molar-refractivity contribution in [2.45, 2.75) is 45.8 Å². The molecule has 0 saturated carbocycles. The summed E-state index contributed by atoms with van der Waals surface area (Å²) in [7, 11) is 0. The molecule has 0 radical (unpaired) electrons. The van der Waals surface area contributed by atoms with Crippen LogP contribution in [0.4, 0.5) is 0 Å². The van der Waals surface area contributed by atoms with Gasteiger partial charge in [-0.3, -0.25) is 4.90 Å². The Morgan fingerprint density at radius 2 is 1.39 bits per heavy atom. The lowest BCUT2D eigenvalue weighted by molar-refractivity contribution is 0.233. The van der Waals surface area contributed by atoms with E-state index in [9.17, 15) is 0 Å². The molecule has 0 bridgehead atoms. The Kier molecular flexibility index (Phi) is 5.47. The van der Waals surface area contributed by atoms with Crippen molar-refractivity contribution in [2.24, 2.45) is 0 Å². The number of benzene rings is 2. The first-order chi connectivity index (χ1) is 11.2. The average molecular weight is 308 g/mol. The molecule has 1 aliphatic rings. The fourth-order valence-electron chi connectivity index (χ4n) is 3.31. The molecule has 1 heterocycles. The topological polar surface area (TPSA) is 15.3 Å². The van der Waals surface area contributed by atoms with Crippen LogP contribution in [0.3, 0.4) is 0 Å². The highest BCUT2D eigenvalue weighted by Crippen LogP contribution is 2.15. The van der Waals surface area contributed by atoms with E-state index in [1.807, 2.05) is 0 Å². The number of hydrogen-bond donors (Lipinski definition) is 1. The smallest absolute Gasteiger partial charge is 0.0237 e. The molecule has 2 nitrogen and oxygen atoms in total. The lowest BCUT2D eigenvalue weighted by Gasteiger charge is -2.26. The van der Waals surface area contributed by atoms with Gasteiger partial charge in [0, 0.05) is 25.7 Å². The van der Waals surface area contributed by atoms with Gasteiger partial charge in [0.15, 0.2) is 0 Å². The highest BCUT2D eigenvalue weighted by atomic mass is 15.2. The molecule has 2 aromatic carbocycles. The lowest BCUT2D eigenvalue weighted by atomic mass is 10.1. The van der Waals surface area contributed by atoms with E-state index in [2.05, 4.69) is 72.6 Å². The molecular formula is C21H28N2. The van der Waals surface area contributed by atoms with Crippen molar-refractivity contribution in [3.63, 3.8) is 0 Å². The third-order valence-corrected chi connectivity index (χ3v) is 4.69. The van der Waals surface area contributed by atoms with Crippen molar-refractivity contribution in [1.29, 1.82) is 0 Å². The van der Waals surface area contributed by atoms with Crippen LogP contribution in [0.25, 0.3) is 0 Å². The van der Waals surface area contributed by atoms with Gasteiger partial charge in [-0.05, 0) is 44.4 Å². The predicted molar refractivity (Wildman–Crippen MR) is 97.5 cm³/mol. The molecule has 122 valence electrons. The van der Waals surface area contributed by atoms with Gasteiger partial charge in [0.2, 0.25) is 0 Å². The quantitative estimate of drug-likeness (QED) is 0.866. The van der Waals surface area contributed by atoms with Crippen molar-refractivity contribution < 1.29 is 0 Å². The van der Waals surface area contributed by atoms with Gasteiger partial charge in [-0.25, -0.2) is 0 Å².